The van der Waals surface area contributed by atoms with Crippen molar-refractivity contribution in [3.63, 3.8) is 0 Å². The van der Waals surface area contributed by atoms with E-state index in [0.717, 1.165) is 12.8 Å². The third-order valence-corrected chi connectivity index (χ3v) is 3.75. The normalized spacial score (nSPS) is 25.5. The number of hydrogen-bond donors (Lipinski definition) is 1. The van der Waals surface area contributed by atoms with Crippen molar-refractivity contribution in [1.29, 1.82) is 0 Å². The molecule has 0 bridgehead atoms. The molecule has 0 radical (unpaired) electrons. The van der Waals surface area contributed by atoms with E-state index in [-0.39, 0.29) is 17.2 Å². The van der Waals surface area contributed by atoms with Gasteiger partial charge in [-0.15, -0.1) is 0 Å². The van der Waals surface area contributed by atoms with Crippen LogP contribution in [0.25, 0.3) is 0 Å². The molecule has 1 aliphatic carbocycles. The van der Waals surface area contributed by atoms with Crippen LogP contribution in [0.3, 0.4) is 0 Å². The first-order valence-corrected chi connectivity index (χ1v) is 5.94. The van der Waals surface area contributed by atoms with Crippen LogP contribution in [-0.2, 0) is 6.42 Å². The van der Waals surface area contributed by atoms with Gasteiger partial charge in [0.05, 0.1) is 6.10 Å². The first kappa shape index (κ1) is 10.7. The van der Waals surface area contributed by atoms with Crippen LogP contribution in [-0.4, -0.2) is 45.2 Å². The second-order valence-electron chi connectivity index (χ2n) is 4.93. The molecule has 1 atom stereocenters. The Morgan fingerprint density at radius 1 is 1.65 bits per heavy atom. The SMILES string of the molecule is CCc1noc(C(=O)N2CC(O)C3(CC3)C2)n1. The Balaban J connectivity index is 1.75. The summed E-state index contributed by atoms with van der Waals surface area (Å²) in [6.07, 6.45) is 2.24. The van der Waals surface area contributed by atoms with E-state index in [0.29, 0.717) is 25.3 Å². The summed E-state index contributed by atoms with van der Waals surface area (Å²) in [7, 11) is 0. The monoisotopic (exact) mass is 237 g/mol. The number of aliphatic hydroxyl groups excluding tert-OH is 1. The zero-order valence-electron chi connectivity index (χ0n) is 9.72. The summed E-state index contributed by atoms with van der Waals surface area (Å²) in [5, 5.41) is 13.6. The first-order valence-electron chi connectivity index (χ1n) is 5.94. The maximum Gasteiger partial charge on any atom is 0.316 e. The van der Waals surface area contributed by atoms with E-state index >= 15 is 0 Å². The predicted octanol–water partition coefficient (Wildman–Crippen LogP) is 0.229. The Hall–Kier alpha value is -1.43. The molecule has 1 amide bonds. The molecule has 1 aliphatic heterocycles. The molecule has 2 fully saturated rings. The first-order chi connectivity index (χ1) is 8.14. The van der Waals surface area contributed by atoms with Gasteiger partial charge in [-0.1, -0.05) is 12.1 Å². The van der Waals surface area contributed by atoms with Gasteiger partial charge in [-0.3, -0.25) is 4.79 Å². The molecule has 1 aromatic heterocycles. The minimum absolute atomic E-state index is 0.0340. The van der Waals surface area contributed by atoms with Gasteiger partial charge in [0.15, 0.2) is 5.82 Å². The Morgan fingerprint density at radius 2 is 2.41 bits per heavy atom. The van der Waals surface area contributed by atoms with Crippen molar-refractivity contribution in [2.24, 2.45) is 5.41 Å². The van der Waals surface area contributed by atoms with Crippen LogP contribution < -0.4 is 0 Å². The maximum absolute atomic E-state index is 12.1. The highest BCUT2D eigenvalue weighted by atomic mass is 16.5. The van der Waals surface area contributed by atoms with E-state index < -0.39 is 6.10 Å². The Labute approximate surface area is 98.6 Å². The van der Waals surface area contributed by atoms with Crippen molar-refractivity contribution in [2.45, 2.75) is 32.3 Å². The number of aromatic nitrogens is 2. The van der Waals surface area contributed by atoms with Gasteiger partial charge in [0.1, 0.15) is 0 Å². The second-order valence-corrected chi connectivity index (χ2v) is 4.93. The van der Waals surface area contributed by atoms with E-state index in [1.165, 1.54) is 0 Å². The molecular weight excluding hydrogens is 222 g/mol. The van der Waals surface area contributed by atoms with Crippen molar-refractivity contribution in [2.75, 3.05) is 13.1 Å². The highest BCUT2D eigenvalue weighted by Gasteiger charge is 2.56. The average molecular weight is 237 g/mol. The Bertz CT molecular complexity index is 453. The van der Waals surface area contributed by atoms with Crippen molar-refractivity contribution in [3.05, 3.63) is 11.7 Å². The van der Waals surface area contributed by atoms with Gasteiger partial charge in [-0.2, -0.15) is 4.98 Å². The number of carbonyl (C=O) groups is 1. The average Bonchev–Trinajstić information content (AvgIpc) is 2.83. The minimum Gasteiger partial charge on any atom is -0.391 e. The van der Waals surface area contributed by atoms with Crippen LogP contribution in [0.5, 0.6) is 0 Å². The van der Waals surface area contributed by atoms with Gasteiger partial charge in [0, 0.05) is 24.9 Å². The fourth-order valence-corrected chi connectivity index (χ4v) is 2.38. The third-order valence-electron chi connectivity index (χ3n) is 3.75. The maximum atomic E-state index is 12.1. The molecule has 6 nitrogen and oxygen atoms in total. The number of amides is 1. The van der Waals surface area contributed by atoms with Crippen molar-refractivity contribution < 1.29 is 14.4 Å². The lowest BCUT2D eigenvalue weighted by atomic mass is 10.0. The number of aryl methyl sites for hydroxylation is 1. The standard InChI is InChI=1S/C11H15N3O3/c1-2-8-12-9(17-13-8)10(16)14-5-7(15)11(6-14)3-4-11/h7,15H,2-6H2,1H3. The van der Waals surface area contributed by atoms with Crippen molar-refractivity contribution >= 4 is 5.91 Å². The van der Waals surface area contributed by atoms with Crippen LogP contribution in [0, 0.1) is 5.41 Å². The molecule has 92 valence electrons. The zero-order chi connectivity index (χ0) is 12.0. The van der Waals surface area contributed by atoms with Gasteiger partial charge in [0.25, 0.3) is 0 Å². The van der Waals surface area contributed by atoms with Crippen molar-refractivity contribution in [1.82, 2.24) is 15.0 Å². The van der Waals surface area contributed by atoms with E-state index in [9.17, 15) is 9.90 Å². The van der Waals surface area contributed by atoms with Gasteiger partial charge >= 0.3 is 11.8 Å². The summed E-state index contributed by atoms with van der Waals surface area (Å²) in [5.41, 5.74) is -0.0384. The summed E-state index contributed by atoms with van der Waals surface area (Å²) >= 11 is 0. The quantitative estimate of drug-likeness (QED) is 0.796. The molecule has 2 aliphatic rings. The second kappa shape index (κ2) is 3.53. The number of hydrogen-bond acceptors (Lipinski definition) is 5. The van der Waals surface area contributed by atoms with Crippen LogP contribution >= 0.6 is 0 Å². The minimum atomic E-state index is -0.403. The number of β-amino-alcohol motifs (C(OH)–C–C–N with tert-alkyl or cyclic N) is 1. The van der Waals surface area contributed by atoms with Crippen LogP contribution in [0.2, 0.25) is 0 Å². The Kier molecular flexibility index (Phi) is 2.22. The highest BCUT2D eigenvalue weighted by Crippen LogP contribution is 2.52. The summed E-state index contributed by atoms with van der Waals surface area (Å²) in [4.78, 5) is 17.7. The molecule has 1 saturated heterocycles. The fourth-order valence-electron chi connectivity index (χ4n) is 2.38. The number of aliphatic hydroxyl groups is 1. The van der Waals surface area contributed by atoms with E-state index in [4.69, 9.17) is 4.52 Å². The smallest absolute Gasteiger partial charge is 0.316 e. The molecule has 1 N–H and O–H groups in total. The number of nitrogens with zero attached hydrogens (tertiary/aromatic N) is 3. The van der Waals surface area contributed by atoms with Crippen LogP contribution in [0.1, 0.15) is 36.3 Å². The van der Waals surface area contributed by atoms with Gasteiger partial charge < -0.3 is 14.5 Å². The summed E-state index contributed by atoms with van der Waals surface area (Å²) in [5.74, 6) is 0.306. The van der Waals surface area contributed by atoms with Gasteiger partial charge in [-0.25, -0.2) is 0 Å². The topological polar surface area (TPSA) is 79.5 Å². The molecule has 3 rings (SSSR count). The van der Waals surface area contributed by atoms with Gasteiger partial charge in [-0.05, 0) is 12.8 Å². The molecule has 6 heteroatoms. The van der Waals surface area contributed by atoms with E-state index in [2.05, 4.69) is 10.1 Å². The molecule has 1 aromatic rings. The molecule has 2 heterocycles. The summed E-state index contributed by atoms with van der Waals surface area (Å²) in [6.45, 7) is 2.89. The number of likely N-dealkylation sites (tertiary alicyclic amines) is 1. The summed E-state index contributed by atoms with van der Waals surface area (Å²) in [6, 6.07) is 0. The fraction of sp³-hybridized carbons (Fsp3) is 0.727. The van der Waals surface area contributed by atoms with Gasteiger partial charge in [0.2, 0.25) is 0 Å². The molecule has 1 saturated carbocycles. The highest BCUT2D eigenvalue weighted by molar-refractivity contribution is 5.89. The lowest BCUT2D eigenvalue weighted by Gasteiger charge is -2.12. The van der Waals surface area contributed by atoms with Crippen LogP contribution in [0.4, 0.5) is 0 Å². The zero-order valence-corrected chi connectivity index (χ0v) is 9.72. The third kappa shape index (κ3) is 1.63. The molecular formula is C11H15N3O3. The lowest BCUT2D eigenvalue weighted by Crippen LogP contribution is -2.29. The molecule has 17 heavy (non-hydrogen) atoms. The Morgan fingerprint density at radius 3 is 2.94 bits per heavy atom. The predicted molar refractivity (Wildman–Crippen MR) is 57.3 cm³/mol. The van der Waals surface area contributed by atoms with Crippen molar-refractivity contribution in [3.8, 4) is 0 Å². The van der Waals surface area contributed by atoms with Crippen LogP contribution in [0.15, 0.2) is 4.52 Å². The molecule has 1 spiro atoms. The van der Waals surface area contributed by atoms with E-state index in [1.807, 2.05) is 6.92 Å². The number of rotatable bonds is 2. The molecule has 1 unspecified atom stereocenters. The number of carbonyl (C=O) groups excluding carboxylic acids is 1. The van der Waals surface area contributed by atoms with E-state index in [1.54, 1.807) is 4.90 Å². The molecule has 0 aromatic carbocycles. The lowest BCUT2D eigenvalue weighted by molar-refractivity contribution is 0.0716. The summed E-state index contributed by atoms with van der Waals surface area (Å²) < 4.78 is 4.92. The largest absolute Gasteiger partial charge is 0.391 e.